The van der Waals surface area contributed by atoms with E-state index in [1.54, 1.807) is 0 Å². The predicted molar refractivity (Wildman–Crippen MR) is 127 cm³/mol. The van der Waals surface area contributed by atoms with Crippen molar-refractivity contribution in [2.24, 2.45) is 0 Å². The van der Waals surface area contributed by atoms with Gasteiger partial charge in [-0.15, -0.1) is 0 Å². The summed E-state index contributed by atoms with van der Waals surface area (Å²) < 4.78 is 189. The number of nitrogens with zero attached hydrogens (tertiary/aromatic N) is 4. The number of hydrogen-bond donors (Lipinski definition) is 0. The van der Waals surface area contributed by atoms with Crippen LogP contribution in [0.5, 0.6) is 0 Å². The van der Waals surface area contributed by atoms with Gasteiger partial charge in [0.05, 0.1) is 34.4 Å². The van der Waals surface area contributed by atoms with Gasteiger partial charge < -0.3 is 0 Å². The summed E-state index contributed by atoms with van der Waals surface area (Å²) in [6.45, 7) is 7.92. The third kappa shape index (κ3) is 4.44. The van der Waals surface area contributed by atoms with Crippen molar-refractivity contribution < 1.29 is 57.1 Å². The lowest BCUT2D eigenvalue weighted by atomic mass is 9.99. The molecule has 0 amide bonds. The molecule has 0 spiro atoms. The molecule has 0 N–H and O–H groups in total. The van der Waals surface area contributed by atoms with E-state index in [0.717, 1.165) is 18.2 Å². The Balaban J connectivity index is 2.36. The number of halogens is 13. The number of nitriles is 3. The minimum absolute atomic E-state index is 0.532. The minimum Gasteiger partial charge on any atom is -0.237 e. The highest BCUT2D eigenvalue weighted by Gasteiger charge is 2.46. The SMILES string of the molecule is [C-]#[N+]C(=C1C(=C(C#N)c2c(F)c(C)c(F)c(F)c2F)C1=C(C#N)c1c(F)c(F)c(F)c(F)c1F)c1c(F)c(F)c(C#N)c(F)c1F. The van der Waals surface area contributed by atoms with Gasteiger partial charge in [-0.1, -0.05) is 0 Å². The van der Waals surface area contributed by atoms with Crippen molar-refractivity contribution in [3.8, 4) is 18.2 Å². The van der Waals surface area contributed by atoms with Crippen LogP contribution in [0.15, 0.2) is 16.7 Å². The van der Waals surface area contributed by atoms with Crippen LogP contribution < -0.4 is 0 Å². The highest BCUT2D eigenvalue weighted by Crippen LogP contribution is 2.57. The number of allylic oxidation sites excluding steroid dienone is 5. The second kappa shape index (κ2) is 11.5. The molecule has 0 saturated heterocycles. The van der Waals surface area contributed by atoms with Crippen LogP contribution in [0.1, 0.15) is 27.8 Å². The van der Waals surface area contributed by atoms with Crippen molar-refractivity contribution in [2.45, 2.75) is 6.92 Å². The smallest absolute Gasteiger partial charge is 0.208 e. The Bertz CT molecular complexity index is 2040. The quantitative estimate of drug-likeness (QED) is 0.0939. The third-order valence-electron chi connectivity index (χ3n) is 6.56. The van der Waals surface area contributed by atoms with Gasteiger partial charge in [0.25, 0.3) is 0 Å². The molecule has 1 aliphatic carbocycles. The fourth-order valence-electron chi connectivity index (χ4n) is 4.37. The number of benzene rings is 3. The van der Waals surface area contributed by atoms with Crippen molar-refractivity contribution >= 4 is 16.8 Å². The zero-order chi connectivity index (χ0) is 34.7. The van der Waals surface area contributed by atoms with Crippen LogP contribution in [0.2, 0.25) is 0 Å². The van der Waals surface area contributed by atoms with Crippen LogP contribution >= 0.6 is 0 Å². The molecular weight excluding hydrogens is 651 g/mol. The highest BCUT2D eigenvalue weighted by atomic mass is 19.2. The molecule has 0 radical (unpaired) electrons. The first-order chi connectivity index (χ1) is 21.5. The molecule has 46 heavy (non-hydrogen) atoms. The Kier molecular flexibility index (Phi) is 8.18. The van der Waals surface area contributed by atoms with E-state index in [1.807, 2.05) is 0 Å². The molecule has 4 rings (SSSR count). The summed E-state index contributed by atoms with van der Waals surface area (Å²) in [4.78, 5) is 2.62. The van der Waals surface area contributed by atoms with E-state index in [9.17, 15) is 63.2 Å². The predicted octanol–water partition coefficient (Wildman–Crippen LogP) is 8.27. The van der Waals surface area contributed by atoms with Gasteiger partial charge in [-0.3, -0.25) is 0 Å². The minimum atomic E-state index is -2.74. The van der Waals surface area contributed by atoms with Crippen molar-refractivity contribution in [2.75, 3.05) is 0 Å². The maximum atomic E-state index is 15.1. The molecule has 0 atom stereocenters. The Morgan fingerprint density at radius 3 is 1.20 bits per heavy atom. The van der Waals surface area contributed by atoms with E-state index in [2.05, 4.69) is 4.85 Å². The summed E-state index contributed by atoms with van der Waals surface area (Å²) >= 11 is 0. The summed E-state index contributed by atoms with van der Waals surface area (Å²) in [6.07, 6.45) is 0. The van der Waals surface area contributed by atoms with Crippen LogP contribution in [-0.2, 0) is 0 Å². The zero-order valence-electron chi connectivity index (χ0n) is 21.7. The summed E-state index contributed by atoms with van der Waals surface area (Å²) in [5.41, 5.74) is -18.3. The van der Waals surface area contributed by atoms with Gasteiger partial charge in [-0.25, -0.2) is 61.9 Å². The second-order valence-electron chi connectivity index (χ2n) is 8.88. The molecule has 0 unspecified atom stereocenters. The molecule has 230 valence electrons. The van der Waals surface area contributed by atoms with E-state index >= 15 is 4.39 Å². The van der Waals surface area contributed by atoms with Gasteiger partial charge in [-0.2, -0.15) is 15.8 Å². The molecule has 4 nitrogen and oxygen atoms in total. The van der Waals surface area contributed by atoms with Crippen molar-refractivity contribution in [3.63, 3.8) is 0 Å². The fraction of sp³-hybridized carbons (Fsp3) is 0.0345. The summed E-state index contributed by atoms with van der Waals surface area (Å²) in [7, 11) is 0. The lowest BCUT2D eigenvalue weighted by Crippen LogP contribution is -2.06. The Hall–Kier alpha value is -6.07. The molecule has 0 bridgehead atoms. The lowest BCUT2D eigenvalue weighted by molar-refractivity contribution is 0.376. The van der Waals surface area contributed by atoms with Crippen molar-refractivity contribution in [1.29, 1.82) is 15.8 Å². The van der Waals surface area contributed by atoms with Gasteiger partial charge >= 0.3 is 0 Å². The van der Waals surface area contributed by atoms with Gasteiger partial charge in [-0.05, 0) is 23.6 Å². The molecule has 17 heteroatoms. The Labute approximate surface area is 246 Å². The average molecular weight is 654 g/mol. The summed E-state index contributed by atoms with van der Waals surface area (Å²) in [5.74, 6) is -32.4. The van der Waals surface area contributed by atoms with E-state index < -0.39 is 137 Å². The first-order valence-electron chi connectivity index (χ1n) is 11.6. The summed E-state index contributed by atoms with van der Waals surface area (Å²) in [5, 5.41) is 28.3. The van der Waals surface area contributed by atoms with Gasteiger partial charge in [0.2, 0.25) is 11.5 Å². The standard InChI is InChI=1S/C29H3F13N4/c1-6-16(30)12(20(34)25(39)17(6)31)7(3-43)10-11(8(4-44)13-21(35)26(40)28(42)27(41)22(13)36)14(10)29(46-2)15-23(37)18(32)9(5-45)19(33)24(15)38/h1H3. The van der Waals surface area contributed by atoms with Gasteiger partial charge in [0.15, 0.2) is 64.0 Å². The van der Waals surface area contributed by atoms with Gasteiger partial charge in [0, 0.05) is 5.56 Å². The normalized spacial score (nSPS) is 15.4. The summed E-state index contributed by atoms with van der Waals surface area (Å²) in [6, 6.07) is 2.78. The molecule has 1 fully saturated rings. The van der Waals surface area contributed by atoms with Crippen LogP contribution in [0, 0.1) is 123 Å². The zero-order valence-corrected chi connectivity index (χ0v) is 21.7. The molecule has 0 aliphatic heterocycles. The lowest BCUT2D eigenvalue weighted by Gasteiger charge is -2.09. The Morgan fingerprint density at radius 2 is 0.826 bits per heavy atom. The van der Waals surface area contributed by atoms with Crippen LogP contribution in [-0.4, -0.2) is 0 Å². The first-order valence-corrected chi connectivity index (χ1v) is 11.6. The van der Waals surface area contributed by atoms with Crippen LogP contribution in [0.3, 0.4) is 0 Å². The highest BCUT2D eigenvalue weighted by molar-refractivity contribution is 6.11. The van der Waals surface area contributed by atoms with E-state index in [0.29, 0.717) is 6.92 Å². The molecule has 0 aromatic heterocycles. The number of hydrogen-bond acceptors (Lipinski definition) is 3. The largest absolute Gasteiger partial charge is 0.237 e. The molecule has 1 saturated carbocycles. The molecule has 0 heterocycles. The maximum Gasteiger partial charge on any atom is 0.208 e. The third-order valence-corrected chi connectivity index (χ3v) is 6.56. The van der Waals surface area contributed by atoms with Crippen molar-refractivity contribution in [3.05, 3.63) is 132 Å². The molecular formula is C29H3F13N4. The maximum absolute atomic E-state index is 15.1. The fourth-order valence-corrected chi connectivity index (χ4v) is 4.37. The Morgan fingerprint density at radius 1 is 0.478 bits per heavy atom. The van der Waals surface area contributed by atoms with Crippen LogP contribution in [0.4, 0.5) is 57.1 Å². The van der Waals surface area contributed by atoms with Crippen molar-refractivity contribution in [1.82, 2.24) is 0 Å². The molecule has 3 aromatic carbocycles. The molecule has 3 aromatic rings. The van der Waals surface area contributed by atoms with E-state index in [-0.39, 0.29) is 0 Å². The van der Waals surface area contributed by atoms with Gasteiger partial charge in [0.1, 0.15) is 29.6 Å². The van der Waals surface area contributed by atoms with E-state index in [4.69, 9.17) is 11.8 Å². The monoisotopic (exact) mass is 654 g/mol. The average Bonchev–Trinajstić information content (AvgIpc) is 3.76. The number of rotatable bonds is 3. The van der Waals surface area contributed by atoms with E-state index in [1.165, 1.54) is 0 Å². The topological polar surface area (TPSA) is 75.7 Å². The van der Waals surface area contributed by atoms with Crippen LogP contribution in [0.25, 0.3) is 21.7 Å². The second-order valence-corrected chi connectivity index (χ2v) is 8.88. The molecule has 1 aliphatic rings. The first kappa shape index (κ1) is 32.8.